The summed E-state index contributed by atoms with van der Waals surface area (Å²) in [6, 6.07) is 10.4. The number of hydrogen-bond acceptors (Lipinski definition) is 2. The van der Waals surface area contributed by atoms with Crippen molar-refractivity contribution in [3.63, 3.8) is 0 Å². The lowest BCUT2D eigenvalue weighted by Gasteiger charge is -2.17. The number of nitriles is 1. The second-order valence-corrected chi connectivity index (χ2v) is 3.98. The van der Waals surface area contributed by atoms with Gasteiger partial charge in [-0.15, -0.1) is 0 Å². The topological polar surface area (TPSA) is 49.8 Å². The van der Waals surface area contributed by atoms with Gasteiger partial charge in [-0.1, -0.05) is 30.3 Å². The Hall–Kier alpha value is -2.01. The number of nitrogens with two attached hydrogens (primary N) is 1. The number of fused-ring (bicyclic) bond motifs is 1. The summed E-state index contributed by atoms with van der Waals surface area (Å²) in [5.41, 5.74) is 10.4. The molecule has 0 bridgehead atoms. The molecule has 1 aromatic carbocycles. The maximum absolute atomic E-state index is 9.15. The van der Waals surface area contributed by atoms with Gasteiger partial charge >= 0.3 is 0 Å². The molecule has 0 radical (unpaired) electrons. The van der Waals surface area contributed by atoms with Crippen LogP contribution in [-0.4, -0.2) is 0 Å². The monoisotopic (exact) mass is 210 g/mol. The summed E-state index contributed by atoms with van der Waals surface area (Å²) in [6.07, 6.45) is 4.13. The van der Waals surface area contributed by atoms with Gasteiger partial charge in [-0.2, -0.15) is 5.26 Å². The second-order valence-electron chi connectivity index (χ2n) is 3.98. The number of benzene rings is 1. The normalized spacial score (nSPS) is 15.6. The summed E-state index contributed by atoms with van der Waals surface area (Å²) < 4.78 is 0. The maximum atomic E-state index is 9.15. The van der Waals surface area contributed by atoms with Crippen molar-refractivity contribution in [1.29, 1.82) is 5.26 Å². The van der Waals surface area contributed by atoms with Crippen LogP contribution in [-0.2, 0) is 6.42 Å². The van der Waals surface area contributed by atoms with E-state index in [0.29, 0.717) is 11.3 Å². The predicted octanol–water partition coefficient (Wildman–Crippen LogP) is 2.77. The second kappa shape index (κ2) is 4.24. The minimum Gasteiger partial charge on any atom is -0.401 e. The molecule has 1 aromatic rings. The highest BCUT2D eigenvalue weighted by atomic mass is 14.6. The molecule has 2 N–H and O–H groups in total. The van der Waals surface area contributed by atoms with E-state index in [1.807, 2.05) is 12.1 Å². The minimum absolute atomic E-state index is 0.588. The van der Waals surface area contributed by atoms with Gasteiger partial charge in [0.2, 0.25) is 0 Å². The molecule has 0 atom stereocenters. The molecule has 0 amide bonds. The van der Waals surface area contributed by atoms with Gasteiger partial charge in [0.05, 0.1) is 5.57 Å². The molecule has 2 heteroatoms. The van der Waals surface area contributed by atoms with Gasteiger partial charge < -0.3 is 5.73 Å². The molecule has 16 heavy (non-hydrogen) atoms. The third kappa shape index (κ3) is 1.72. The first kappa shape index (κ1) is 10.5. The van der Waals surface area contributed by atoms with E-state index >= 15 is 0 Å². The van der Waals surface area contributed by atoms with Crippen LogP contribution in [0.25, 0.3) is 5.57 Å². The van der Waals surface area contributed by atoms with Crippen molar-refractivity contribution in [2.24, 2.45) is 5.73 Å². The summed E-state index contributed by atoms with van der Waals surface area (Å²) in [5, 5.41) is 9.15. The summed E-state index contributed by atoms with van der Waals surface area (Å²) >= 11 is 0. The van der Waals surface area contributed by atoms with Gasteiger partial charge in [0.1, 0.15) is 6.07 Å². The molecule has 0 spiro atoms. The van der Waals surface area contributed by atoms with Gasteiger partial charge in [0.15, 0.2) is 0 Å². The fraction of sp³-hybridized carbons (Fsp3) is 0.214. The maximum Gasteiger partial charge on any atom is 0.102 e. The Morgan fingerprint density at radius 3 is 2.81 bits per heavy atom. The van der Waals surface area contributed by atoms with Crippen LogP contribution in [0.4, 0.5) is 0 Å². The fourth-order valence-corrected chi connectivity index (χ4v) is 2.08. The smallest absolute Gasteiger partial charge is 0.102 e. The van der Waals surface area contributed by atoms with Crippen molar-refractivity contribution < 1.29 is 0 Å². The molecule has 1 aliphatic rings. The van der Waals surface area contributed by atoms with Crippen molar-refractivity contribution >= 4 is 5.57 Å². The van der Waals surface area contributed by atoms with Gasteiger partial charge in [-0.25, -0.2) is 0 Å². The van der Waals surface area contributed by atoms with E-state index in [-0.39, 0.29) is 0 Å². The Morgan fingerprint density at radius 2 is 2.12 bits per heavy atom. The first-order valence-corrected chi connectivity index (χ1v) is 5.39. The zero-order valence-electron chi connectivity index (χ0n) is 9.33. The summed E-state index contributed by atoms with van der Waals surface area (Å²) in [5.74, 6) is 0. The summed E-state index contributed by atoms with van der Waals surface area (Å²) in [6.45, 7) is 1.77. The summed E-state index contributed by atoms with van der Waals surface area (Å²) in [7, 11) is 0. The minimum atomic E-state index is 0.588. The number of hydrogen-bond donors (Lipinski definition) is 1. The van der Waals surface area contributed by atoms with Crippen LogP contribution >= 0.6 is 0 Å². The standard InChI is InChI=1S/C14H14N2/c1-10(16)14(9-15)13-8-4-6-11-5-2-3-7-12(11)13/h2-3,5,7-8H,4,6,16H2,1H3. The molecule has 0 aromatic heterocycles. The molecule has 0 saturated heterocycles. The number of aryl methyl sites for hydroxylation is 1. The van der Waals surface area contributed by atoms with Crippen LogP contribution in [0.2, 0.25) is 0 Å². The van der Waals surface area contributed by atoms with Crippen LogP contribution in [0, 0.1) is 11.3 Å². The van der Waals surface area contributed by atoms with Crippen LogP contribution < -0.4 is 5.73 Å². The quantitative estimate of drug-likeness (QED) is 0.724. The zero-order valence-corrected chi connectivity index (χ0v) is 9.33. The SMILES string of the molecule is CC(N)=C(C#N)C1=CCCc2ccccc21. The Kier molecular flexibility index (Phi) is 2.78. The van der Waals surface area contributed by atoms with Gasteiger partial charge in [-0.3, -0.25) is 0 Å². The van der Waals surface area contributed by atoms with Gasteiger partial charge in [0.25, 0.3) is 0 Å². The third-order valence-electron chi connectivity index (χ3n) is 2.85. The molecule has 0 heterocycles. The van der Waals surface area contributed by atoms with Crippen molar-refractivity contribution in [3.05, 3.63) is 52.7 Å². The molecule has 1 aliphatic carbocycles. The number of allylic oxidation sites excluding steroid dienone is 4. The van der Waals surface area contributed by atoms with E-state index in [4.69, 9.17) is 11.0 Å². The van der Waals surface area contributed by atoms with E-state index in [2.05, 4.69) is 24.3 Å². The average molecular weight is 210 g/mol. The van der Waals surface area contributed by atoms with Crippen molar-refractivity contribution in [1.82, 2.24) is 0 Å². The third-order valence-corrected chi connectivity index (χ3v) is 2.85. The first-order valence-electron chi connectivity index (χ1n) is 5.39. The predicted molar refractivity (Wildman–Crippen MR) is 65.2 cm³/mol. The van der Waals surface area contributed by atoms with Crippen LogP contribution in [0.3, 0.4) is 0 Å². The number of rotatable bonds is 1. The Morgan fingerprint density at radius 1 is 1.38 bits per heavy atom. The highest BCUT2D eigenvalue weighted by molar-refractivity contribution is 5.85. The van der Waals surface area contributed by atoms with Crippen molar-refractivity contribution in [3.8, 4) is 6.07 Å². The lowest BCUT2D eigenvalue weighted by atomic mass is 9.86. The zero-order chi connectivity index (χ0) is 11.5. The molecule has 0 aliphatic heterocycles. The molecular formula is C14H14N2. The lowest BCUT2D eigenvalue weighted by molar-refractivity contribution is 0.976. The van der Waals surface area contributed by atoms with E-state index in [1.54, 1.807) is 6.92 Å². The lowest BCUT2D eigenvalue weighted by Crippen LogP contribution is -2.05. The van der Waals surface area contributed by atoms with E-state index in [0.717, 1.165) is 24.0 Å². The van der Waals surface area contributed by atoms with Crippen LogP contribution in [0.5, 0.6) is 0 Å². The molecule has 0 unspecified atom stereocenters. The molecule has 0 saturated carbocycles. The van der Waals surface area contributed by atoms with Gasteiger partial charge in [-0.05, 0) is 36.5 Å². The number of nitrogens with zero attached hydrogens (tertiary/aromatic N) is 1. The highest BCUT2D eigenvalue weighted by Crippen LogP contribution is 2.31. The van der Waals surface area contributed by atoms with E-state index < -0.39 is 0 Å². The molecule has 80 valence electrons. The largest absolute Gasteiger partial charge is 0.401 e. The van der Waals surface area contributed by atoms with Crippen LogP contribution in [0.1, 0.15) is 24.5 Å². The molecule has 0 fully saturated rings. The first-order chi connectivity index (χ1) is 7.74. The fourth-order valence-electron chi connectivity index (χ4n) is 2.08. The Balaban J connectivity index is 2.57. The molecule has 2 nitrogen and oxygen atoms in total. The summed E-state index contributed by atoms with van der Waals surface area (Å²) in [4.78, 5) is 0. The molecule has 2 rings (SSSR count). The van der Waals surface area contributed by atoms with E-state index in [1.165, 1.54) is 5.56 Å². The highest BCUT2D eigenvalue weighted by Gasteiger charge is 2.16. The van der Waals surface area contributed by atoms with Crippen molar-refractivity contribution in [2.75, 3.05) is 0 Å². The Labute approximate surface area is 95.7 Å². The average Bonchev–Trinajstić information content (AvgIpc) is 2.30. The van der Waals surface area contributed by atoms with Crippen LogP contribution in [0.15, 0.2) is 41.6 Å². The molecular weight excluding hydrogens is 196 g/mol. The van der Waals surface area contributed by atoms with Gasteiger partial charge in [0, 0.05) is 5.70 Å². The van der Waals surface area contributed by atoms with Crippen molar-refractivity contribution in [2.45, 2.75) is 19.8 Å². The van der Waals surface area contributed by atoms with E-state index in [9.17, 15) is 0 Å². The Bertz CT molecular complexity index is 512.